The zero-order valence-electron chi connectivity index (χ0n) is 19.2. The molecule has 1 heterocycles. The zero-order chi connectivity index (χ0) is 27.8. The minimum Gasteiger partial charge on any atom is -0.468 e. The number of imide groups is 1. The lowest BCUT2D eigenvalue weighted by molar-refractivity contribution is -0.161. The van der Waals surface area contributed by atoms with Gasteiger partial charge in [-0.25, -0.2) is 20.9 Å². The van der Waals surface area contributed by atoms with E-state index in [9.17, 15) is 28.4 Å². The molecule has 1 unspecified atom stereocenters. The molecule has 0 bridgehead atoms. The molecule has 3 rings (SSSR count). The van der Waals surface area contributed by atoms with Crippen molar-refractivity contribution in [2.24, 2.45) is 11.7 Å². The van der Waals surface area contributed by atoms with Crippen LogP contribution in [-0.4, -0.2) is 48.3 Å². The predicted molar refractivity (Wildman–Crippen MR) is 126 cm³/mol. The first-order valence-electron chi connectivity index (χ1n) is 10.2. The number of carbonyl (C=O) groups excluding carboxylic acids is 6. The van der Waals surface area contributed by atoms with Gasteiger partial charge < -0.3 is 9.47 Å². The Labute approximate surface area is 217 Å². The minimum atomic E-state index is -2.36. The van der Waals surface area contributed by atoms with Crippen molar-refractivity contribution in [1.82, 2.24) is 15.8 Å². The van der Waals surface area contributed by atoms with Crippen molar-refractivity contribution >= 4 is 52.2 Å². The van der Waals surface area contributed by atoms with Crippen molar-refractivity contribution < 1.29 is 42.6 Å². The van der Waals surface area contributed by atoms with Crippen LogP contribution in [0.25, 0.3) is 0 Å². The first-order chi connectivity index (χ1) is 17.6. The molecule has 0 aromatic heterocycles. The smallest absolute Gasteiger partial charge is 0.429 e. The Morgan fingerprint density at radius 2 is 1.81 bits per heavy atom. The number of nitrogens with zero attached hydrogens (tertiary/aromatic N) is 1. The maximum absolute atomic E-state index is 14.5. The molecule has 0 fully saturated rings. The monoisotopic (exact) mass is 581 g/mol. The molecule has 6 N–H and O–H groups in total. The van der Waals surface area contributed by atoms with Crippen LogP contribution in [0.4, 0.5) is 9.18 Å². The van der Waals surface area contributed by atoms with Gasteiger partial charge in [-0.05, 0) is 23.8 Å². The van der Waals surface area contributed by atoms with E-state index in [1.807, 2.05) is 0 Å². The number of ether oxygens (including phenoxy) is 2. The number of rotatable bonds is 6. The average Bonchev–Trinajstić information content (AvgIpc) is 2.89. The highest BCUT2D eigenvalue weighted by Crippen LogP contribution is 2.40. The van der Waals surface area contributed by atoms with E-state index in [1.54, 1.807) is 10.9 Å². The number of benzene rings is 2. The second-order valence-electron chi connectivity index (χ2n) is 7.24. The van der Waals surface area contributed by atoms with E-state index < -0.39 is 54.0 Å². The van der Waals surface area contributed by atoms with Gasteiger partial charge in [0.25, 0.3) is 11.8 Å². The van der Waals surface area contributed by atoms with Gasteiger partial charge in [0, 0.05) is 15.6 Å². The summed E-state index contributed by atoms with van der Waals surface area (Å²) in [6, 6.07) is 9.65. The highest BCUT2D eigenvalue weighted by molar-refractivity contribution is 9.10. The van der Waals surface area contributed by atoms with Crippen LogP contribution in [0.5, 0.6) is 0 Å². The van der Waals surface area contributed by atoms with Crippen LogP contribution in [0.3, 0.4) is 0 Å². The summed E-state index contributed by atoms with van der Waals surface area (Å²) >= 11 is 3.12. The van der Waals surface area contributed by atoms with E-state index in [2.05, 4.69) is 26.5 Å². The highest BCUT2D eigenvalue weighted by atomic mass is 79.9. The minimum absolute atomic E-state index is 0.0110. The average molecular weight is 582 g/mol. The number of nitrogens with one attached hydrogen (secondary N) is 2. The van der Waals surface area contributed by atoms with Crippen molar-refractivity contribution in [1.29, 1.82) is 0 Å². The fourth-order valence-corrected chi connectivity index (χ4v) is 3.92. The van der Waals surface area contributed by atoms with Crippen molar-refractivity contribution in [2.75, 3.05) is 7.11 Å². The normalized spacial score (nSPS) is 16.0. The van der Waals surface area contributed by atoms with E-state index in [0.29, 0.717) is 15.8 Å². The van der Waals surface area contributed by atoms with Crippen molar-refractivity contribution in [3.05, 3.63) is 69.4 Å². The van der Waals surface area contributed by atoms with Gasteiger partial charge >= 0.3 is 18.0 Å². The van der Waals surface area contributed by atoms with Crippen LogP contribution in [-0.2, 0) is 40.6 Å². The van der Waals surface area contributed by atoms with Crippen molar-refractivity contribution in [3.8, 4) is 0 Å². The lowest BCUT2D eigenvalue weighted by Gasteiger charge is -2.39. The Hall–Kier alpha value is -4.21. The van der Waals surface area contributed by atoms with Gasteiger partial charge in [0.15, 0.2) is 5.41 Å². The van der Waals surface area contributed by atoms with Gasteiger partial charge in [0.1, 0.15) is 5.82 Å². The molecule has 1 aliphatic rings. The predicted octanol–water partition coefficient (Wildman–Crippen LogP) is 0.304. The molecule has 0 aliphatic carbocycles. The second kappa shape index (κ2) is 12.7. The quantitative estimate of drug-likeness (QED) is 0.0699. The van der Waals surface area contributed by atoms with Gasteiger partial charge in [0.05, 0.1) is 20.1 Å². The Morgan fingerprint density at radius 1 is 1.16 bits per heavy atom. The number of hydrogen-bond donors (Lipinski definition) is 4. The van der Waals surface area contributed by atoms with E-state index >= 15 is 0 Å². The van der Waals surface area contributed by atoms with Gasteiger partial charge in [-0.15, -0.1) is 0 Å². The molecular weight excluding hydrogens is 561 g/mol. The summed E-state index contributed by atoms with van der Waals surface area (Å²) in [6.07, 6.45) is -1.89. The third-order valence-corrected chi connectivity index (χ3v) is 5.65. The van der Waals surface area contributed by atoms with Crippen LogP contribution in [0.15, 0.2) is 46.9 Å². The number of fused-ring (bicyclic) bond motifs is 1. The van der Waals surface area contributed by atoms with Crippen LogP contribution >= 0.6 is 15.9 Å². The fraction of sp³-hybridized carbons (Fsp3) is 0.182. The third-order valence-electron chi connectivity index (χ3n) is 5.15. The van der Waals surface area contributed by atoms with E-state index in [-0.39, 0.29) is 16.7 Å². The van der Waals surface area contributed by atoms with Crippen LogP contribution in [0.1, 0.15) is 27.9 Å². The Bertz CT molecular complexity index is 1240. The standard InChI is InChI=1S/C21H17BrFN3O7.CH4N2O/c1-32-19(30)21(9-16(27)33-20(31)25-24)14-5-3-2-4-13(14)17(28)26(18(21)29)10-11-6-7-12(22)8-15(11)23;2-3-1-4/h2-8H,9-10,24H2,1H3,(H,25,31);1H,2H2,(H,3,4). The zero-order valence-corrected chi connectivity index (χ0v) is 20.7. The summed E-state index contributed by atoms with van der Waals surface area (Å²) in [5.41, 5.74) is 0.780. The van der Waals surface area contributed by atoms with Crippen LogP contribution < -0.4 is 22.5 Å². The summed E-state index contributed by atoms with van der Waals surface area (Å²) < 4.78 is 24.2. The fourth-order valence-electron chi connectivity index (χ4n) is 3.59. The first-order valence-corrected chi connectivity index (χ1v) is 11.0. The number of nitrogens with two attached hydrogens (primary N) is 2. The van der Waals surface area contributed by atoms with Gasteiger partial charge in [-0.3, -0.25) is 39.7 Å². The molecule has 1 atom stereocenters. The Balaban J connectivity index is 0.00000112. The van der Waals surface area contributed by atoms with Gasteiger partial charge in [-0.1, -0.05) is 40.2 Å². The van der Waals surface area contributed by atoms with Crippen LogP contribution in [0.2, 0.25) is 0 Å². The Kier molecular flexibility index (Phi) is 9.93. The summed E-state index contributed by atoms with van der Waals surface area (Å²) in [6.45, 7) is -0.526. The third kappa shape index (κ3) is 6.14. The molecule has 0 radical (unpaired) electrons. The van der Waals surface area contributed by atoms with E-state index in [4.69, 9.17) is 15.4 Å². The van der Waals surface area contributed by atoms with Crippen molar-refractivity contribution in [3.63, 3.8) is 0 Å². The maximum atomic E-state index is 14.5. The molecule has 15 heteroatoms. The number of hydrogen-bond acceptors (Lipinski definition) is 10. The molecular formula is C22H21BrFN5O8. The molecule has 2 aromatic rings. The number of esters is 2. The number of hydrazine groups is 2. The Morgan fingerprint density at radius 3 is 2.38 bits per heavy atom. The first kappa shape index (κ1) is 29.0. The number of amides is 4. The second-order valence-corrected chi connectivity index (χ2v) is 8.16. The summed E-state index contributed by atoms with van der Waals surface area (Å²) in [5, 5.41) is 0. The van der Waals surface area contributed by atoms with Crippen LogP contribution in [0, 0.1) is 5.82 Å². The number of carbonyl (C=O) groups is 6. The molecule has 37 heavy (non-hydrogen) atoms. The largest absolute Gasteiger partial charge is 0.468 e. The van der Waals surface area contributed by atoms with Crippen molar-refractivity contribution in [2.45, 2.75) is 18.4 Å². The summed E-state index contributed by atoms with van der Waals surface area (Å²) in [5.74, 6) is 4.22. The van der Waals surface area contributed by atoms with E-state index in [0.717, 1.165) is 13.2 Å². The molecule has 4 amide bonds. The number of halogens is 2. The number of methoxy groups -OCH3 is 1. The molecule has 13 nitrogen and oxygen atoms in total. The van der Waals surface area contributed by atoms with Gasteiger partial charge in [0.2, 0.25) is 6.41 Å². The van der Waals surface area contributed by atoms with Gasteiger partial charge in [-0.2, -0.15) is 0 Å². The topological polar surface area (TPSA) is 200 Å². The highest BCUT2D eigenvalue weighted by Gasteiger charge is 2.58. The molecule has 0 saturated carbocycles. The lowest BCUT2D eigenvalue weighted by atomic mass is 9.71. The molecule has 2 aromatic carbocycles. The lowest BCUT2D eigenvalue weighted by Crippen LogP contribution is -2.59. The summed E-state index contributed by atoms with van der Waals surface area (Å²) in [4.78, 5) is 73.1. The summed E-state index contributed by atoms with van der Waals surface area (Å²) in [7, 11) is 0.993. The molecule has 196 valence electrons. The maximum Gasteiger partial charge on any atom is 0.429 e. The molecule has 1 aliphatic heterocycles. The van der Waals surface area contributed by atoms with E-state index in [1.165, 1.54) is 36.4 Å². The molecule has 0 spiro atoms. The SMILES string of the molecule is COC(=O)C1(CC(=O)OC(=O)NN)C(=O)N(Cc2ccc(Br)cc2F)C(=O)c2ccccc21.NNC=O. The molecule has 0 saturated heterocycles.